The fraction of sp³-hybridized carbons (Fsp3) is 0.467. The summed E-state index contributed by atoms with van der Waals surface area (Å²) >= 11 is 8.08. The maximum absolute atomic E-state index is 3.27. The van der Waals surface area contributed by atoms with Gasteiger partial charge in [-0.3, -0.25) is 0 Å². The van der Waals surface area contributed by atoms with Crippen LogP contribution in [0.4, 0.5) is 0 Å². The second kappa shape index (κ2) is 15.3. The standard InChI is InChI=1S/C30H38S4/c1-5-9-19-31-25-17-13-15-23-27(25)30(34-22-12-8-4)28-24(29(23)33-21-11-7-3)16-14-18-26(28)32-20-10-6-2/h13-18H,5,7-9,11-12,19-22H2,1-4H3. The van der Waals surface area contributed by atoms with Crippen molar-refractivity contribution in [3.63, 3.8) is 0 Å². The van der Waals surface area contributed by atoms with Crippen LogP contribution >= 0.6 is 47.0 Å². The molecule has 0 saturated carbocycles. The Kier molecular flexibility index (Phi) is 12.5. The van der Waals surface area contributed by atoms with Crippen LogP contribution in [0.1, 0.15) is 66.2 Å². The lowest BCUT2D eigenvalue weighted by atomic mass is 10.0. The molecule has 0 aliphatic heterocycles. The summed E-state index contributed by atoms with van der Waals surface area (Å²) in [6.45, 7) is 8.80. The van der Waals surface area contributed by atoms with E-state index in [1.54, 1.807) is 0 Å². The second-order valence-corrected chi connectivity index (χ2v) is 12.7. The third-order valence-electron chi connectivity index (χ3n) is 5.72. The fourth-order valence-corrected chi connectivity index (χ4v) is 8.74. The first-order chi connectivity index (χ1) is 16.8. The van der Waals surface area contributed by atoms with E-state index in [-0.39, 0.29) is 0 Å². The van der Waals surface area contributed by atoms with E-state index in [2.05, 4.69) is 92.5 Å². The quantitative estimate of drug-likeness (QED) is 0.0886. The summed E-state index contributed by atoms with van der Waals surface area (Å²) in [4.78, 5) is 5.80. The molecule has 0 fully saturated rings. The van der Waals surface area contributed by atoms with E-state index >= 15 is 0 Å². The molecule has 4 heteroatoms. The Balaban J connectivity index is 2.30. The van der Waals surface area contributed by atoms with Crippen molar-refractivity contribution in [1.82, 2.24) is 0 Å². The lowest BCUT2D eigenvalue weighted by molar-refractivity contribution is 0.896. The van der Waals surface area contributed by atoms with Crippen molar-refractivity contribution in [2.45, 2.75) is 85.8 Å². The molecule has 0 nitrogen and oxygen atoms in total. The van der Waals surface area contributed by atoms with E-state index < -0.39 is 0 Å². The molecule has 0 amide bonds. The molecule has 0 unspecified atom stereocenters. The monoisotopic (exact) mass is 526 g/mol. The molecule has 3 aromatic rings. The minimum atomic E-state index is 0.845. The van der Waals surface area contributed by atoms with E-state index in [0.717, 1.165) is 5.75 Å². The first-order valence-electron chi connectivity index (χ1n) is 12.7. The molecule has 0 heterocycles. The molecule has 3 aromatic carbocycles. The predicted molar refractivity (Wildman–Crippen MR) is 163 cm³/mol. The summed E-state index contributed by atoms with van der Waals surface area (Å²) in [6.07, 6.45) is 7.49. The summed E-state index contributed by atoms with van der Waals surface area (Å²) in [5.74, 6) is 10.7. The molecule has 3 rings (SSSR count). The van der Waals surface area contributed by atoms with Gasteiger partial charge in [0.25, 0.3) is 0 Å². The van der Waals surface area contributed by atoms with Crippen molar-refractivity contribution in [3.8, 4) is 11.8 Å². The number of unbranched alkanes of at least 4 members (excludes halogenated alkanes) is 3. The number of fused-ring (bicyclic) bond motifs is 2. The summed E-state index contributed by atoms with van der Waals surface area (Å²) in [5, 5.41) is 5.83. The third kappa shape index (κ3) is 7.10. The molecule has 0 aliphatic rings. The highest BCUT2D eigenvalue weighted by Crippen LogP contribution is 2.48. The SMILES string of the molecule is CC#CCSc1cccc2c(SCCCC)c3cccc(SCCCC)c3c(SCCCC)c12. The van der Waals surface area contributed by atoms with Crippen molar-refractivity contribution in [1.29, 1.82) is 0 Å². The van der Waals surface area contributed by atoms with Gasteiger partial charge in [-0.05, 0) is 66.3 Å². The molecule has 0 aliphatic carbocycles. The van der Waals surface area contributed by atoms with Gasteiger partial charge in [-0.1, -0.05) is 70.2 Å². The number of hydrogen-bond acceptors (Lipinski definition) is 4. The van der Waals surface area contributed by atoms with Crippen LogP contribution in [0.25, 0.3) is 21.5 Å². The van der Waals surface area contributed by atoms with Crippen molar-refractivity contribution in [2.24, 2.45) is 0 Å². The van der Waals surface area contributed by atoms with Gasteiger partial charge in [-0.25, -0.2) is 0 Å². The summed E-state index contributed by atoms with van der Waals surface area (Å²) in [6, 6.07) is 13.9. The predicted octanol–water partition coefficient (Wildman–Crippen LogP) is 10.8. The number of benzene rings is 3. The molecule has 0 bridgehead atoms. The van der Waals surface area contributed by atoms with Gasteiger partial charge >= 0.3 is 0 Å². The van der Waals surface area contributed by atoms with Crippen molar-refractivity contribution in [3.05, 3.63) is 36.4 Å². The van der Waals surface area contributed by atoms with E-state index in [1.807, 2.05) is 30.4 Å². The fourth-order valence-electron chi connectivity index (χ4n) is 3.87. The van der Waals surface area contributed by atoms with Gasteiger partial charge in [0.15, 0.2) is 0 Å². The van der Waals surface area contributed by atoms with Crippen LogP contribution in [0.3, 0.4) is 0 Å². The normalized spacial score (nSPS) is 11.2. The Morgan fingerprint density at radius 3 is 1.65 bits per heavy atom. The van der Waals surface area contributed by atoms with Gasteiger partial charge in [0.05, 0.1) is 5.75 Å². The van der Waals surface area contributed by atoms with Gasteiger partial charge in [0.2, 0.25) is 0 Å². The highest BCUT2D eigenvalue weighted by atomic mass is 32.2. The zero-order valence-electron chi connectivity index (χ0n) is 21.2. The van der Waals surface area contributed by atoms with E-state index in [4.69, 9.17) is 0 Å². The maximum atomic E-state index is 3.27. The number of rotatable bonds is 14. The molecule has 34 heavy (non-hydrogen) atoms. The highest BCUT2D eigenvalue weighted by molar-refractivity contribution is 8.01. The third-order valence-corrected chi connectivity index (χ3v) is 10.2. The maximum Gasteiger partial charge on any atom is 0.0594 e. The molecule has 0 saturated heterocycles. The first-order valence-corrected chi connectivity index (χ1v) is 16.6. The zero-order chi connectivity index (χ0) is 24.2. The van der Waals surface area contributed by atoms with Crippen LogP contribution in [0.15, 0.2) is 56.0 Å². The van der Waals surface area contributed by atoms with Gasteiger partial charge in [0.1, 0.15) is 0 Å². The topological polar surface area (TPSA) is 0 Å². The Labute approximate surface area is 224 Å². The lowest BCUT2D eigenvalue weighted by Crippen LogP contribution is -1.94. The molecule has 0 atom stereocenters. The molecule has 0 aromatic heterocycles. The van der Waals surface area contributed by atoms with Crippen molar-refractivity contribution < 1.29 is 0 Å². The van der Waals surface area contributed by atoms with Gasteiger partial charge in [0, 0.05) is 30.4 Å². The van der Waals surface area contributed by atoms with Gasteiger partial charge in [-0.15, -0.1) is 53.0 Å². The number of hydrogen-bond donors (Lipinski definition) is 0. The van der Waals surface area contributed by atoms with Crippen LogP contribution in [0.5, 0.6) is 0 Å². The Bertz CT molecular complexity index is 1120. The van der Waals surface area contributed by atoms with Crippen LogP contribution in [0, 0.1) is 11.8 Å². The average Bonchev–Trinajstić information content (AvgIpc) is 2.85. The van der Waals surface area contributed by atoms with Crippen LogP contribution in [-0.2, 0) is 0 Å². The van der Waals surface area contributed by atoms with Crippen molar-refractivity contribution >= 4 is 68.6 Å². The number of thioether (sulfide) groups is 4. The first kappa shape index (κ1) is 27.7. The summed E-state index contributed by atoms with van der Waals surface area (Å²) < 4.78 is 0. The Morgan fingerprint density at radius 1 is 0.618 bits per heavy atom. The lowest BCUT2D eigenvalue weighted by Gasteiger charge is -2.20. The minimum Gasteiger partial charge on any atom is -0.125 e. The molecular formula is C30H38S4. The van der Waals surface area contributed by atoms with Crippen LogP contribution in [0.2, 0.25) is 0 Å². The average molecular weight is 527 g/mol. The molecule has 0 N–H and O–H groups in total. The smallest absolute Gasteiger partial charge is 0.0594 e. The summed E-state index contributed by atoms with van der Waals surface area (Å²) in [7, 11) is 0. The second-order valence-electron chi connectivity index (χ2n) is 8.34. The van der Waals surface area contributed by atoms with Crippen LogP contribution in [-0.4, -0.2) is 23.0 Å². The van der Waals surface area contributed by atoms with Gasteiger partial charge in [-0.2, -0.15) is 0 Å². The summed E-state index contributed by atoms with van der Waals surface area (Å²) in [5.41, 5.74) is 0. The molecule has 182 valence electrons. The van der Waals surface area contributed by atoms with Crippen LogP contribution < -0.4 is 0 Å². The Hall–Kier alpha value is -0.860. The van der Waals surface area contributed by atoms with E-state index in [0.29, 0.717) is 0 Å². The highest BCUT2D eigenvalue weighted by Gasteiger charge is 2.20. The van der Waals surface area contributed by atoms with E-state index in [9.17, 15) is 0 Å². The molecule has 0 radical (unpaired) electrons. The van der Waals surface area contributed by atoms with Crippen molar-refractivity contribution in [2.75, 3.05) is 23.0 Å². The molecule has 0 spiro atoms. The van der Waals surface area contributed by atoms with Gasteiger partial charge < -0.3 is 0 Å². The Morgan fingerprint density at radius 2 is 1.12 bits per heavy atom. The minimum absolute atomic E-state index is 0.845. The largest absolute Gasteiger partial charge is 0.125 e. The van der Waals surface area contributed by atoms with E-state index in [1.165, 1.54) is 96.9 Å². The zero-order valence-corrected chi connectivity index (χ0v) is 24.4. The molecular weight excluding hydrogens is 489 g/mol.